The number of pyridine rings is 1. The first-order valence-corrected chi connectivity index (χ1v) is 8.57. The van der Waals surface area contributed by atoms with E-state index in [1.54, 1.807) is 12.3 Å². The topological polar surface area (TPSA) is 77.4 Å². The molecule has 1 atom stereocenters. The summed E-state index contributed by atoms with van der Waals surface area (Å²) in [7, 11) is 0. The summed E-state index contributed by atoms with van der Waals surface area (Å²) in [6.45, 7) is 6.02. The van der Waals surface area contributed by atoms with E-state index in [2.05, 4.69) is 16.2 Å². The summed E-state index contributed by atoms with van der Waals surface area (Å²) in [5, 5.41) is 2.25. The highest BCUT2D eigenvalue weighted by molar-refractivity contribution is 5.51. The van der Waals surface area contributed by atoms with Crippen LogP contribution in [0.1, 0.15) is 26.3 Å². The average molecular weight is 354 g/mol. The van der Waals surface area contributed by atoms with Gasteiger partial charge in [0.25, 0.3) is 5.56 Å². The lowest BCUT2D eigenvalue weighted by molar-refractivity contribution is 0.220. The zero-order chi connectivity index (χ0) is 18.5. The van der Waals surface area contributed by atoms with E-state index in [1.165, 1.54) is 6.07 Å². The van der Waals surface area contributed by atoms with Crippen LogP contribution >= 0.6 is 0 Å². The molecule has 0 aliphatic carbocycles. The fourth-order valence-electron chi connectivity index (χ4n) is 2.63. The van der Waals surface area contributed by atoms with E-state index in [-0.39, 0.29) is 17.8 Å². The van der Waals surface area contributed by atoms with Crippen molar-refractivity contribution in [2.24, 2.45) is 0 Å². The second-order valence-electron chi connectivity index (χ2n) is 6.40. The van der Waals surface area contributed by atoms with Gasteiger partial charge >= 0.3 is 0 Å². The highest BCUT2D eigenvalue weighted by atomic mass is 16.5. The van der Waals surface area contributed by atoms with Crippen molar-refractivity contribution in [3.05, 3.63) is 64.6 Å². The number of rotatable bonds is 7. The molecule has 0 radical (unpaired) electrons. The molecular weight excluding hydrogens is 332 g/mol. The van der Waals surface area contributed by atoms with Gasteiger partial charge in [0.1, 0.15) is 23.3 Å². The monoisotopic (exact) mass is 354 g/mol. The van der Waals surface area contributed by atoms with Crippen LogP contribution < -0.4 is 15.0 Å². The highest BCUT2D eigenvalue weighted by Crippen LogP contribution is 2.20. The molecule has 6 nitrogen and oxygen atoms in total. The molecule has 1 N–H and O–H groups in total. The van der Waals surface area contributed by atoms with Crippen LogP contribution in [0.25, 0.3) is 11.5 Å². The number of aromatic nitrogens is 2. The maximum atomic E-state index is 11.1. The number of nitrogens with one attached hydrogen (secondary N) is 1. The molecule has 3 rings (SSSR count). The Labute approximate surface area is 151 Å². The number of ether oxygens (including phenoxy) is 2. The summed E-state index contributed by atoms with van der Waals surface area (Å²) in [5.41, 5.74) is 1.43. The number of benzene rings is 1. The Bertz CT molecular complexity index is 896. The zero-order valence-corrected chi connectivity index (χ0v) is 15.1. The van der Waals surface area contributed by atoms with Crippen molar-refractivity contribution in [3.63, 3.8) is 0 Å². The second-order valence-corrected chi connectivity index (χ2v) is 6.40. The van der Waals surface area contributed by atoms with Crippen molar-refractivity contribution in [1.29, 1.82) is 0 Å². The number of aromatic amines is 1. The molecule has 0 spiro atoms. The van der Waals surface area contributed by atoms with E-state index in [4.69, 9.17) is 14.0 Å². The molecule has 1 unspecified atom stereocenters. The second kappa shape index (κ2) is 7.91. The molecule has 26 heavy (non-hydrogen) atoms. The summed E-state index contributed by atoms with van der Waals surface area (Å²) >= 11 is 0. The summed E-state index contributed by atoms with van der Waals surface area (Å²) in [6, 6.07) is 13.0. The highest BCUT2D eigenvalue weighted by Gasteiger charge is 2.09. The van der Waals surface area contributed by atoms with Crippen LogP contribution in [0, 0.1) is 0 Å². The van der Waals surface area contributed by atoms with E-state index in [9.17, 15) is 4.79 Å². The molecule has 0 aliphatic rings. The third-order valence-electron chi connectivity index (χ3n) is 3.64. The molecule has 2 heterocycles. The smallest absolute Gasteiger partial charge is 0.280 e. The first kappa shape index (κ1) is 17.8. The van der Waals surface area contributed by atoms with Gasteiger partial charge in [0.2, 0.25) is 0 Å². The van der Waals surface area contributed by atoms with Gasteiger partial charge in [0, 0.05) is 6.42 Å². The number of hydrogen-bond acceptors (Lipinski definition) is 5. The van der Waals surface area contributed by atoms with Crippen LogP contribution in [0.3, 0.4) is 0 Å². The van der Waals surface area contributed by atoms with Gasteiger partial charge < -0.3 is 14.0 Å². The maximum Gasteiger partial charge on any atom is 0.280 e. The van der Waals surface area contributed by atoms with Gasteiger partial charge in [-0.25, -0.2) is 4.98 Å². The van der Waals surface area contributed by atoms with E-state index < -0.39 is 0 Å². The Balaban J connectivity index is 1.61. The van der Waals surface area contributed by atoms with Crippen molar-refractivity contribution in [1.82, 2.24) is 10.1 Å². The van der Waals surface area contributed by atoms with Crippen LogP contribution in [0.2, 0.25) is 0 Å². The largest absolute Gasteiger partial charge is 0.491 e. The van der Waals surface area contributed by atoms with Gasteiger partial charge in [-0.2, -0.15) is 5.16 Å². The fourth-order valence-corrected chi connectivity index (χ4v) is 2.63. The molecule has 0 fully saturated rings. The maximum absolute atomic E-state index is 11.1. The Morgan fingerprint density at radius 2 is 1.92 bits per heavy atom. The molecule has 136 valence electrons. The summed E-state index contributed by atoms with van der Waals surface area (Å²) in [6.07, 6.45) is 2.50. The molecule has 0 saturated carbocycles. The molecule has 6 heteroatoms. The first-order chi connectivity index (χ1) is 12.5. The number of nitrogens with zero attached hydrogens (tertiary/aromatic N) is 1. The molecule has 0 bridgehead atoms. The third kappa shape index (κ3) is 4.75. The normalized spacial score (nSPS) is 12.2. The predicted molar refractivity (Wildman–Crippen MR) is 98.6 cm³/mol. The van der Waals surface area contributed by atoms with Gasteiger partial charge in [-0.3, -0.25) is 4.79 Å². The van der Waals surface area contributed by atoms with E-state index >= 15 is 0 Å². The van der Waals surface area contributed by atoms with Crippen LogP contribution in [-0.4, -0.2) is 22.3 Å². The quantitative estimate of drug-likeness (QED) is 0.698. The molecule has 0 amide bonds. The molecule has 0 saturated heterocycles. The van der Waals surface area contributed by atoms with E-state index in [1.807, 2.05) is 45.0 Å². The first-order valence-electron chi connectivity index (χ1n) is 8.57. The Hall–Kier alpha value is -3.02. The molecular formula is C20H22N2O4. The minimum atomic E-state index is -0.292. The minimum absolute atomic E-state index is 0.0258. The molecule has 1 aromatic carbocycles. The third-order valence-corrected chi connectivity index (χ3v) is 3.64. The Morgan fingerprint density at radius 3 is 2.58 bits per heavy atom. The lowest BCUT2D eigenvalue weighted by Crippen LogP contribution is -2.15. The summed E-state index contributed by atoms with van der Waals surface area (Å²) in [4.78, 5) is 15.4. The SMILES string of the molecule is CC(C)Oc1cccc(CC(C)Oc2ccc(-c3cc(=O)[nH]o3)nc2)c1. The number of H-pyrrole nitrogens is 1. The molecule has 3 aromatic rings. The Morgan fingerprint density at radius 1 is 1.08 bits per heavy atom. The average Bonchev–Trinajstić information content (AvgIpc) is 3.01. The number of hydrogen-bond donors (Lipinski definition) is 1. The minimum Gasteiger partial charge on any atom is -0.491 e. The lowest BCUT2D eigenvalue weighted by atomic mass is 10.1. The summed E-state index contributed by atoms with van der Waals surface area (Å²) in [5.74, 6) is 1.92. The van der Waals surface area contributed by atoms with Gasteiger partial charge in [-0.1, -0.05) is 12.1 Å². The van der Waals surface area contributed by atoms with Crippen molar-refractivity contribution in [2.75, 3.05) is 0 Å². The van der Waals surface area contributed by atoms with Gasteiger partial charge in [-0.05, 0) is 50.6 Å². The van der Waals surface area contributed by atoms with E-state index in [0.717, 1.165) is 17.7 Å². The van der Waals surface area contributed by atoms with Crippen molar-refractivity contribution < 1.29 is 14.0 Å². The van der Waals surface area contributed by atoms with Gasteiger partial charge in [0.15, 0.2) is 5.76 Å². The standard InChI is InChI=1S/C20H22N2O4/c1-13(2)24-16-6-4-5-15(10-16)9-14(3)25-17-7-8-18(21-12-17)19-11-20(23)22-26-19/h4-8,10-14H,9H2,1-3H3,(H,22,23). The Kier molecular flexibility index (Phi) is 5.41. The van der Waals surface area contributed by atoms with E-state index in [0.29, 0.717) is 17.2 Å². The molecule has 2 aromatic heterocycles. The van der Waals surface area contributed by atoms with Gasteiger partial charge in [0.05, 0.1) is 18.4 Å². The summed E-state index contributed by atoms with van der Waals surface area (Å²) < 4.78 is 16.7. The van der Waals surface area contributed by atoms with Crippen LogP contribution in [0.4, 0.5) is 0 Å². The predicted octanol–water partition coefficient (Wildman–Crippen LogP) is 3.83. The van der Waals surface area contributed by atoms with Crippen molar-refractivity contribution in [3.8, 4) is 23.0 Å². The fraction of sp³-hybridized carbons (Fsp3) is 0.300. The van der Waals surface area contributed by atoms with Crippen LogP contribution in [0.15, 0.2) is 58.0 Å². The van der Waals surface area contributed by atoms with Crippen LogP contribution in [0.5, 0.6) is 11.5 Å². The van der Waals surface area contributed by atoms with Crippen molar-refractivity contribution >= 4 is 0 Å². The lowest BCUT2D eigenvalue weighted by Gasteiger charge is -2.16. The molecule has 0 aliphatic heterocycles. The van der Waals surface area contributed by atoms with Crippen LogP contribution in [-0.2, 0) is 6.42 Å². The van der Waals surface area contributed by atoms with Gasteiger partial charge in [-0.15, -0.1) is 0 Å². The zero-order valence-electron chi connectivity index (χ0n) is 15.1. The van der Waals surface area contributed by atoms with Crippen molar-refractivity contribution in [2.45, 2.75) is 39.4 Å².